The molecule has 0 radical (unpaired) electrons. The van der Waals surface area contributed by atoms with Crippen LogP contribution in [0.15, 0.2) is 53.1 Å². The van der Waals surface area contributed by atoms with Gasteiger partial charge in [-0.25, -0.2) is 0 Å². The van der Waals surface area contributed by atoms with E-state index in [1.807, 2.05) is 42.5 Å². The van der Waals surface area contributed by atoms with Gasteiger partial charge < -0.3 is 9.42 Å². The molecule has 20 heavy (non-hydrogen) atoms. The SMILES string of the molecule is Cc1cc(C(=O)N(C)c2ccc3ccccc3c2)no1. The van der Waals surface area contributed by atoms with Gasteiger partial charge >= 0.3 is 0 Å². The summed E-state index contributed by atoms with van der Waals surface area (Å²) in [5.74, 6) is 0.442. The summed E-state index contributed by atoms with van der Waals surface area (Å²) in [5.41, 5.74) is 1.15. The van der Waals surface area contributed by atoms with E-state index in [1.54, 1.807) is 24.9 Å². The summed E-state index contributed by atoms with van der Waals surface area (Å²) in [6, 6.07) is 15.6. The zero-order valence-corrected chi connectivity index (χ0v) is 11.3. The summed E-state index contributed by atoms with van der Waals surface area (Å²) in [7, 11) is 1.73. The molecule has 0 aliphatic carbocycles. The number of benzene rings is 2. The quantitative estimate of drug-likeness (QED) is 0.714. The highest BCUT2D eigenvalue weighted by molar-refractivity contribution is 6.05. The minimum absolute atomic E-state index is 0.183. The standard InChI is InChI=1S/C16H14N2O2/c1-11-9-15(17-20-11)16(19)18(2)14-8-7-12-5-3-4-6-13(12)10-14/h3-10H,1-2H3. The molecule has 0 bridgehead atoms. The van der Waals surface area contributed by atoms with Gasteiger partial charge in [0, 0.05) is 18.8 Å². The third-order valence-electron chi connectivity index (χ3n) is 3.27. The largest absolute Gasteiger partial charge is 0.361 e. The molecule has 0 aliphatic heterocycles. The number of nitrogens with zero attached hydrogens (tertiary/aromatic N) is 2. The summed E-state index contributed by atoms with van der Waals surface area (Å²) in [6.45, 7) is 1.76. The van der Waals surface area contributed by atoms with Crippen LogP contribution >= 0.6 is 0 Å². The molecule has 3 aromatic rings. The Morgan fingerprint density at radius 2 is 1.85 bits per heavy atom. The summed E-state index contributed by atoms with van der Waals surface area (Å²) in [4.78, 5) is 13.9. The number of hydrogen-bond donors (Lipinski definition) is 0. The monoisotopic (exact) mass is 266 g/mol. The van der Waals surface area contributed by atoms with E-state index >= 15 is 0 Å². The van der Waals surface area contributed by atoms with Gasteiger partial charge in [0.25, 0.3) is 5.91 Å². The summed E-state index contributed by atoms with van der Waals surface area (Å²) in [5, 5.41) is 6.00. The van der Waals surface area contributed by atoms with Crippen LogP contribution in [0, 0.1) is 6.92 Å². The lowest BCUT2D eigenvalue weighted by molar-refractivity contribution is 0.0984. The van der Waals surface area contributed by atoms with Gasteiger partial charge in [0.1, 0.15) is 5.76 Å². The number of rotatable bonds is 2. The van der Waals surface area contributed by atoms with Crippen molar-refractivity contribution in [3.05, 3.63) is 60.0 Å². The lowest BCUT2D eigenvalue weighted by Crippen LogP contribution is -2.26. The Balaban J connectivity index is 1.95. The number of anilines is 1. The Hall–Kier alpha value is -2.62. The van der Waals surface area contributed by atoms with Gasteiger partial charge in [-0.05, 0) is 29.8 Å². The van der Waals surface area contributed by atoms with Crippen LogP contribution < -0.4 is 4.90 Å². The smallest absolute Gasteiger partial charge is 0.280 e. The van der Waals surface area contributed by atoms with Crippen molar-refractivity contribution in [3.63, 3.8) is 0 Å². The van der Waals surface area contributed by atoms with Crippen molar-refractivity contribution in [1.29, 1.82) is 0 Å². The van der Waals surface area contributed by atoms with E-state index < -0.39 is 0 Å². The number of fused-ring (bicyclic) bond motifs is 1. The fourth-order valence-corrected chi connectivity index (χ4v) is 2.14. The van der Waals surface area contributed by atoms with Crippen molar-refractivity contribution in [2.45, 2.75) is 6.92 Å². The molecule has 0 unspecified atom stereocenters. The second kappa shape index (κ2) is 4.81. The maximum atomic E-state index is 12.3. The van der Waals surface area contributed by atoms with Crippen LogP contribution in [0.4, 0.5) is 5.69 Å². The van der Waals surface area contributed by atoms with Crippen LogP contribution in [-0.2, 0) is 0 Å². The van der Waals surface area contributed by atoms with E-state index in [0.29, 0.717) is 11.5 Å². The normalized spacial score (nSPS) is 10.7. The Kier molecular flexibility index (Phi) is 2.99. The van der Waals surface area contributed by atoms with E-state index in [1.165, 1.54) is 0 Å². The van der Waals surface area contributed by atoms with Crippen molar-refractivity contribution >= 4 is 22.4 Å². The highest BCUT2D eigenvalue weighted by atomic mass is 16.5. The fourth-order valence-electron chi connectivity index (χ4n) is 2.14. The minimum atomic E-state index is -0.183. The maximum Gasteiger partial charge on any atom is 0.280 e. The Bertz CT molecular complexity index is 777. The third kappa shape index (κ3) is 2.16. The van der Waals surface area contributed by atoms with Crippen molar-refractivity contribution in [1.82, 2.24) is 5.16 Å². The highest BCUT2D eigenvalue weighted by Gasteiger charge is 2.17. The summed E-state index contributed by atoms with van der Waals surface area (Å²) >= 11 is 0. The molecule has 0 spiro atoms. The molecule has 0 saturated carbocycles. The molecule has 0 saturated heterocycles. The number of amides is 1. The second-order valence-corrected chi connectivity index (χ2v) is 4.72. The van der Waals surface area contributed by atoms with Gasteiger partial charge in [0.15, 0.2) is 5.69 Å². The molecular weight excluding hydrogens is 252 g/mol. The molecule has 3 rings (SSSR count). The molecule has 4 nitrogen and oxygen atoms in total. The zero-order chi connectivity index (χ0) is 14.1. The molecule has 1 amide bonds. The second-order valence-electron chi connectivity index (χ2n) is 4.72. The number of carbonyl (C=O) groups excluding carboxylic acids is 1. The van der Waals surface area contributed by atoms with Gasteiger partial charge in [-0.3, -0.25) is 4.79 Å². The fraction of sp³-hybridized carbons (Fsp3) is 0.125. The highest BCUT2D eigenvalue weighted by Crippen LogP contribution is 2.22. The lowest BCUT2D eigenvalue weighted by Gasteiger charge is -2.16. The molecule has 2 aromatic carbocycles. The molecule has 4 heteroatoms. The zero-order valence-electron chi connectivity index (χ0n) is 11.3. The van der Waals surface area contributed by atoms with Crippen molar-refractivity contribution in [2.75, 3.05) is 11.9 Å². The molecule has 100 valence electrons. The minimum Gasteiger partial charge on any atom is -0.361 e. The van der Waals surface area contributed by atoms with Crippen LogP contribution in [0.3, 0.4) is 0 Å². The molecule has 1 heterocycles. The van der Waals surface area contributed by atoms with Crippen LogP contribution in [0.2, 0.25) is 0 Å². The molecule has 0 N–H and O–H groups in total. The first-order valence-corrected chi connectivity index (χ1v) is 6.35. The average Bonchev–Trinajstić information content (AvgIpc) is 2.92. The van der Waals surface area contributed by atoms with Gasteiger partial charge in [-0.15, -0.1) is 0 Å². The van der Waals surface area contributed by atoms with Crippen molar-refractivity contribution in [2.24, 2.45) is 0 Å². The van der Waals surface area contributed by atoms with Crippen molar-refractivity contribution in [3.8, 4) is 0 Å². The Morgan fingerprint density at radius 1 is 1.10 bits per heavy atom. The molecule has 0 aliphatic rings. The van der Waals surface area contributed by atoms with Crippen LogP contribution in [0.1, 0.15) is 16.2 Å². The molecular formula is C16H14N2O2. The van der Waals surface area contributed by atoms with E-state index in [-0.39, 0.29) is 5.91 Å². The molecule has 0 atom stereocenters. The van der Waals surface area contributed by atoms with Crippen LogP contribution in [0.25, 0.3) is 10.8 Å². The first-order chi connectivity index (χ1) is 9.65. The van der Waals surface area contributed by atoms with Gasteiger partial charge in [-0.1, -0.05) is 35.5 Å². The van der Waals surface area contributed by atoms with E-state index in [4.69, 9.17) is 4.52 Å². The number of aryl methyl sites for hydroxylation is 1. The maximum absolute atomic E-state index is 12.3. The van der Waals surface area contributed by atoms with E-state index in [2.05, 4.69) is 5.16 Å². The Labute approximate surface area is 116 Å². The summed E-state index contributed by atoms with van der Waals surface area (Å²) < 4.78 is 4.94. The first kappa shape index (κ1) is 12.4. The average molecular weight is 266 g/mol. The lowest BCUT2D eigenvalue weighted by atomic mass is 10.1. The van der Waals surface area contributed by atoms with Crippen LogP contribution in [0.5, 0.6) is 0 Å². The predicted octanol–water partition coefficient (Wildman–Crippen LogP) is 3.41. The van der Waals surface area contributed by atoms with Gasteiger partial charge in [0.2, 0.25) is 0 Å². The summed E-state index contributed by atoms with van der Waals surface area (Å²) in [6.07, 6.45) is 0. The Morgan fingerprint density at radius 3 is 2.55 bits per heavy atom. The molecule has 0 fully saturated rings. The van der Waals surface area contributed by atoms with Gasteiger partial charge in [-0.2, -0.15) is 0 Å². The van der Waals surface area contributed by atoms with Crippen molar-refractivity contribution < 1.29 is 9.32 Å². The molecule has 1 aromatic heterocycles. The van der Waals surface area contributed by atoms with E-state index in [0.717, 1.165) is 16.5 Å². The predicted molar refractivity (Wildman–Crippen MR) is 77.9 cm³/mol. The van der Waals surface area contributed by atoms with Crippen LogP contribution in [-0.4, -0.2) is 18.1 Å². The number of hydrogen-bond acceptors (Lipinski definition) is 3. The van der Waals surface area contributed by atoms with Gasteiger partial charge in [0.05, 0.1) is 0 Å². The van der Waals surface area contributed by atoms with E-state index in [9.17, 15) is 4.79 Å². The first-order valence-electron chi connectivity index (χ1n) is 6.35. The number of carbonyl (C=O) groups is 1. The topological polar surface area (TPSA) is 46.3 Å². The number of aromatic nitrogens is 1. The third-order valence-corrected chi connectivity index (χ3v) is 3.27.